The van der Waals surface area contributed by atoms with Gasteiger partial charge >= 0.3 is 0 Å². The summed E-state index contributed by atoms with van der Waals surface area (Å²) in [7, 11) is -3.53. The lowest BCUT2D eigenvalue weighted by Crippen LogP contribution is -2.50. The highest BCUT2D eigenvalue weighted by Crippen LogP contribution is 2.23. The molecule has 8 heteroatoms. The van der Waals surface area contributed by atoms with Crippen LogP contribution in [0.2, 0.25) is 0 Å². The molecule has 0 bridgehead atoms. The van der Waals surface area contributed by atoms with Crippen LogP contribution in [0, 0.1) is 6.92 Å². The van der Waals surface area contributed by atoms with Gasteiger partial charge in [-0.2, -0.15) is 4.31 Å². The molecule has 1 aliphatic rings. The third kappa shape index (κ3) is 4.61. The Kier molecular flexibility index (Phi) is 6.52. The van der Waals surface area contributed by atoms with Gasteiger partial charge in [0.2, 0.25) is 15.9 Å². The average molecular weight is 422 g/mol. The van der Waals surface area contributed by atoms with E-state index >= 15 is 0 Å². The lowest BCUT2D eigenvalue weighted by atomic mass is 9.99. The molecule has 0 saturated carbocycles. The Labute approximate surface area is 171 Å². The van der Waals surface area contributed by atoms with Crippen molar-refractivity contribution in [1.29, 1.82) is 0 Å². The van der Waals surface area contributed by atoms with E-state index in [2.05, 4.69) is 18.8 Å². The van der Waals surface area contributed by atoms with Crippen LogP contribution >= 0.6 is 11.3 Å². The van der Waals surface area contributed by atoms with Crippen LogP contribution in [0.4, 0.5) is 0 Å². The first kappa shape index (κ1) is 21.0. The summed E-state index contributed by atoms with van der Waals surface area (Å²) < 4.78 is 27.3. The van der Waals surface area contributed by atoms with Gasteiger partial charge in [0.05, 0.1) is 22.0 Å². The summed E-state index contributed by atoms with van der Waals surface area (Å²) in [5, 5.41) is 2.84. The maximum absolute atomic E-state index is 12.9. The zero-order chi connectivity index (χ0) is 20.3. The van der Waals surface area contributed by atoms with Gasteiger partial charge in [0.25, 0.3) is 0 Å². The van der Waals surface area contributed by atoms with Crippen LogP contribution in [-0.2, 0) is 21.2 Å². The minimum Gasteiger partial charge on any atom is -0.340 e. The lowest BCUT2D eigenvalue weighted by molar-refractivity contribution is -0.131. The van der Waals surface area contributed by atoms with E-state index < -0.39 is 10.0 Å². The standard InChI is InChI=1S/C20H27N3O3S2/c1-4-15(2)17-5-7-19(8-6-17)28(25,26)23-11-9-22(10-12-23)20(24)13-18-14-27-16(3)21-18/h5-8,14-15H,4,9-13H2,1-3H3. The molecule has 152 valence electrons. The predicted octanol–water partition coefficient (Wildman–Crippen LogP) is 3.04. The van der Waals surface area contributed by atoms with Crippen LogP contribution in [0.15, 0.2) is 34.5 Å². The molecule has 2 heterocycles. The summed E-state index contributed by atoms with van der Waals surface area (Å²) in [6, 6.07) is 7.19. The molecule has 1 amide bonds. The number of aromatic nitrogens is 1. The number of aryl methyl sites for hydroxylation is 1. The van der Waals surface area contributed by atoms with E-state index in [-0.39, 0.29) is 12.3 Å². The molecule has 1 saturated heterocycles. The van der Waals surface area contributed by atoms with E-state index in [1.165, 1.54) is 15.6 Å². The summed E-state index contributed by atoms with van der Waals surface area (Å²) in [6.07, 6.45) is 1.29. The smallest absolute Gasteiger partial charge is 0.243 e. The molecule has 0 N–H and O–H groups in total. The fourth-order valence-corrected chi connectivity index (χ4v) is 5.32. The molecule has 1 aliphatic heterocycles. The molecular weight excluding hydrogens is 394 g/mol. The molecule has 1 atom stereocenters. The van der Waals surface area contributed by atoms with Crippen molar-refractivity contribution in [3.05, 3.63) is 45.9 Å². The Morgan fingerprint density at radius 3 is 2.36 bits per heavy atom. The van der Waals surface area contributed by atoms with E-state index in [4.69, 9.17) is 0 Å². The number of carbonyl (C=O) groups excluding carboxylic acids is 1. The summed E-state index contributed by atoms with van der Waals surface area (Å²) in [6.45, 7) is 7.61. The first-order valence-electron chi connectivity index (χ1n) is 9.60. The van der Waals surface area contributed by atoms with Crippen molar-refractivity contribution in [1.82, 2.24) is 14.2 Å². The van der Waals surface area contributed by atoms with Crippen LogP contribution in [0.1, 0.15) is 42.5 Å². The highest BCUT2D eigenvalue weighted by Gasteiger charge is 2.30. The molecule has 28 heavy (non-hydrogen) atoms. The van der Waals surface area contributed by atoms with Crippen molar-refractivity contribution in [3.8, 4) is 0 Å². The number of hydrogen-bond acceptors (Lipinski definition) is 5. The van der Waals surface area contributed by atoms with Crippen LogP contribution in [0.5, 0.6) is 0 Å². The van der Waals surface area contributed by atoms with Crippen molar-refractivity contribution >= 4 is 27.3 Å². The molecule has 0 aliphatic carbocycles. The normalized spacial score (nSPS) is 16.9. The predicted molar refractivity (Wildman–Crippen MR) is 111 cm³/mol. The Bertz CT molecular complexity index is 914. The minimum absolute atomic E-state index is 0.000235. The van der Waals surface area contributed by atoms with E-state index in [0.29, 0.717) is 37.0 Å². The molecule has 2 aromatic rings. The van der Waals surface area contributed by atoms with Gasteiger partial charge in [-0.25, -0.2) is 13.4 Å². The fraction of sp³-hybridized carbons (Fsp3) is 0.500. The number of hydrogen-bond donors (Lipinski definition) is 0. The van der Waals surface area contributed by atoms with Crippen LogP contribution in [-0.4, -0.2) is 54.7 Å². The number of rotatable bonds is 6. The topological polar surface area (TPSA) is 70.6 Å². The Hall–Kier alpha value is -1.77. The second kappa shape index (κ2) is 8.71. The molecule has 1 unspecified atom stereocenters. The second-order valence-electron chi connectivity index (χ2n) is 7.20. The highest BCUT2D eigenvalue weighted by atomic mass is 32.2. The van der Waals surface area contributed by atoms with Crippen molar-refractivity contribution in [2.45, 2.75) is 44.4 Å². The number of thiazole rings is 1. The quantitative estimate of drug-likeness (QED) is 0.719. The lowest BCUT2D eigenvalue weighted by Gasteiger charge is -2.34. The van der Waals surface area contributed by atoms with Gasteiger partial charge in [0, 0.05) is 31.6 Å². The molecule has 3 rings (SSSR count). The van der Waals surface area contributed by atoms with E-state index in [9.17, 15) is 13.2 Å². The summed E-state index contributed by atoms with van der Waals surface area (Å²) >= 11 is 1.53. The maximum atomic E-state index is 12.9. The summed E-state index contributed by atoms with van der Waals surface area (Å²) in [5.41, 5.74) is 1.93. The van der Waals surface area contributed by atoms with Crippen LogP contribution < -0.4 is 0 Å². The van der Waals surface area contributed by atoms with Crippen molar-refractivity contribution in [2.75, 3.05) is 26.2 Å². The molecule has 0 spiro atoms. The summed E-state index contributed by atoms with van der Waals surface area (Å²) in [4.78, 5) is 18.8. The van der Waals surface area contributed by atoms with E-state index in [1.54, 1.807) is 17.0 Å². The minimum atomic E-state index is -3.53. The number of piperazine rings is 1. The fourth-order valence-electron chi connectivity index (χ4n) is 3.29. The SMILES string of the molecule is CCC(C)c1ccc(S(=O)(=O)N2CCN(C(=O)Cc3csc(C)n3)CC2)cc1. The maximum Gasteiger partial charge on any atom is 0.243 e. The number of sulfonamides is 1. The number of amides is 1. The molecule has 6 nitrogen and oxygen atoms in total. The van der Waals surface area contributed by atoms with Gasteiger partial charge < -0.3 is 4.90 Å². The molecular formula is C20H27N3O3S2. The molecule has 1 fully saturated rings. The van der Waals surface area contributed by atoms with Gasteiger partial charge in [-0.1, -0.05) is 26.0 Å². The molecule has 1 aromatic carbocycles. The first-order valence-corrected chi connectivity index (χ1v) is 11.9. The van der Waals surface area contributed by atoms with E-state index in [0.717, 1.165) is 22.7 Å². The Morgan fingerprint density at radius 2 is 1.82 bits per heavy atom. The number of benzene rings is 1. The van der Waals surface area contributed by atoms with E-state index in [1.807, 2.05) is 24.4 Å². The molecule has 1 aromatic heterocycles. The highest BCUT2D eigenvalue weighted by molar-refractivity contribution is 7.89. The van der Waals surface area contributed by atoms with Crippen molar-refractivity contribution in [2.24, 2.45) is 0 Å². The van der Waals surface area contributed by atoms with Crippen molar-refractivity contribution in [3.63, 3.8) is 0 Å². The second-order valence-corrected chi connectivity index (χ2v) is 10.2. The van der Waals surface area contributed by atoms with Crippen LogP contribution in [0.25, 0.3) is 0 Å². The third-order valence-electron chi connectivity index (χ3n) is 5.29. The van der Waals surface area contributed by atoms with Gasteiger partial charge in [0.1, 0.15) is 0 Å². The number of carbonyl (C=O) groups is 1. The average Bonchev–Trinajstić information content (AvgIpc) is 3.12. The Morgan fingerprint density at radius 1 is 1.18 bits per heavy atom. The zero-order valence-electron chi connectivity index (χ0n) is 16.6. The number of nitrogens with zero attached hydrogens (tertiary/aromatic N) is 3. The third-order valence-corrected chi connectivity index (χ3v) is 8.02. The van der Waals surface area contributed by atoms with Crippen LogP contribution in [0.3, 0.4) is 0 Å². The van der Waals surface area contributed by atoms with Gasteiger partial charge in [-0.3, -0.25) is 4.79 Å². The molecule has 0 radical (unpaired) electrons. The monoisotopic (exact) mass is 421 g/mol. The largest absolute Gasteiger partial charge is 0.340 e. The summed E-state index contributed by atoms with van der Waals surface area (Å²) in [5.74, 6) is 0.410. The first-order chi connectivity index (χ1) is 13.3. The van der Waals surface area contributed by atoms with Crippen molar-refractivity contribution < 1.29 is 13.2 Å². The van der Waals surface area contributed by atoms with Gasteiger partial charge in [0.15, 0.2) is 0 Å². The zero-order valence-corrected chi connectivity index (χ0v) is 18.2. The van der Waals surface area contributed by atoms with Gasteiger partial charge in [-0.15, -0.1) is 11.3 Å². The Balaban J connectivity index is 1.61. The van der Waals surface area contributed by atoms with Gasteiger partial charge in [-0.05, 0) is 37.0 Å².